The first kappa shape index (κ1) is 12.0. The maximum Gasteiger partial charge on any atom is 0.0476 e. The first-order valence-electron chi connectivity index (χ1n) is 5.86. The Bertz CT molecular complexity index is 306. The van der Waals surface area contributed by atoms with Crippen LogP contribution in [0.4, 0.5) is 0 Å². The number of benzene rings is 1. The summed E-state index contributed by atoms with van der Waals surface area (Å²) in [6, 6.07) is 8.87. The van der Waals surface area contributed by atoms with E-state index in [0.29, 0.717) is 0 Å². The van der Waals surface area contributed by atoms with Crippen molar-refractivity contribution in [2.45, 2.75) is 29.5 Å². The molecule has 0 radical (unpaired) electrons. The molecule has 0 aliphatic carbocycles. The summed E-state index contributed by atoms with van der Waals surface area (Å²) in [5.41, 5.74) is 1.35. The molecule has 0 atom stereocenters. The molecule has 1 aliphatic heterocycles. The standard InChI is InChI=1S/C13H19NOS/c1-14-10-11-2-4-12(5-3-11)16-13-6-8-15-9-7-13/h2-5,13-14H,6-10H2,1H3. The molecule has 1 aliphatic rings. The van der Waals surface area contributed by atoms with Crippen LogP contribution in [0.2, 0.25) is 0 Å². The van der Waals surface area contributed by atoms with Crippen LogP contribution in [-0.2, 0) is 11.3 Å². The summed E-state index contributed by atoms with van der Waals surface area (Å²) in [6.07, 6.45) is 2.37. The minimum atomic E-state index is 0.740. The van der Waals surface area contributed by atoms with Crippen LogP contribution in [0.15, 0.2) is 29.2 Å². The van der Waals surface area contributed by atoms with Crippen molar-refractivity contribution in [3.05, 3.63) is 29.8 Å². The van der Waals surface area contributed by atoms with Gasteiger partial charge in [0.25, 0.3) is 0 Å². The van der Waals surface area contributed by atoms with Crippen molar-refractivity contribution in [3.8, 4) is 0 Å². The van der Waals surface area contributed by atoms with Crippen LogP contribution in [0.3, 0.4) is 0 Å². The normalized spacial score (nSPS) is 17.6. The lowest BCUT2D eigenvalue weighted by Crippen LogP contribution is -2.17. The van der Waals surface area contributed by atoms with Crippen LogP contribution in [0, 0.1) is 0 Å². The monoisotopic (exact) mass is 237 g/mol. The zero-order valence-corrected chi connectivity index (χ0v) is 10.6. The molecule has 16 heavy (non-hydrogen) atoms. The lowest BCUT2D eigenvalue weighted by Gasteiger charge is -2.21. The smallest absolute Gasteiger partial charge is 0.0476 e. The molecule has 1 N–H and O–H groups in total. The molecule has 1 heterocycles. The van der Waals surface area contributed by atoms with Gasteiger partial charge in [-0.25, -0.2) is 0 Å². The first-order valence-corrected chi connectivity index (χ1v) is 6.74. The number of rotatable bonds is 4. The SMILES string of the molecule is CNCc1ccc(SC2CCOCC2)cc1. The lowest BCUT2D eigenvalue weighted by atomic mass is 10.2. The Morgan fingerprint density at radius 1 is 1.25 bits per heavy atom. The van der Waals surface area contributed by atoms with Crippen molar-refractivity contribution in [1.82, 2.24) is 5.32 Å². The fourth-order valence-corrected chi connectivity index (χ4v) is 2.98. The van der Waals surface area contributed by atoms with Gasteiger partial charge in [-0.15, -0.1) is 11.8 Å². The third-order valence-corrected chi connectivity index (χ3v) is 4.12. The van der Waals surface area contributed by atoms with Crippen LogP contribution >= 0.6 is 11.8 Å². The first-order chi connectivity index (χ1) is 7.88. The quantitative estimate of drug-likeness (QED) is 0.870. The van der Waals surface area contributed by atoms with Crippen LogP contribution < -0.4 is 5.32 Å². The van der Waals surface area contributed by atoms with Crippen LogP contribution in [-0.4, -0.2) is 25.5 Å². The van der Waals surface area contributed by atoms with Gasteiger partial charge in [0.2, 0.25) is 0 Å². The summed E-state index contributed by atoms with van der Waals surface area (Å²) in [4.78, 5) is 1.38. The third-order valence-electron chi connectivity index (χ3n) is 2.78. The fraction of sp³-hybridized carbons (Fsp3) is 0.538. The predicted octanol–water partition coefficient (Wildman–Crippen LogP) is 2.68. The molecule has 0 spiro atoms. The van der Waals surface area contributed by atoms with E-state index in [9.17, 15) is 0 Å². The van der Waals surface area contributed by atoms with Gasteiger partial charge in [0.15, 0.2) is 0 Å². The van der Waals surface area contributed by atoms with Gasteiger partial charge in [0, 0.05) is 29.9 Å². The third kappa shape index (κ3) is 3.51. The van der Waals surface area contributed by atoms with E-state index in [-0.39, 0.29) is 0 Å². The van der Waals surface area contributed by atoms with E-state index >= 15 is 0 Å². The van der Waals surface area contributed by atoms with Crippen LogP contribution in [0.1, 0.15) is 18.4 Å². The molecule has 3 heteroatoms. The van der Waals surface area contributed by atoms with Crippen molar-refractivity contribution in [2.75, 3.05) is 20.3 Å². The molecule has 1 aromatic carbocycles. The van der Waals surface area contributed by atoms with Crippen LogP contribution in [0.25, 0.3) is 0 Å². The molecule has 0 aromatic heterocycles. The van der Waals surface area contributed by atoms with E-state index in [1.54, 1.807) is 0 Å². The Morgan fingerprint density at radius 3 is 2.56 bits per heavy atom. The van der Waals surface area contributed by atoms with E-state index in [4.69, 9.17) is 4.74 Å². The zero-order valence-electron chi connectivity index (χ0n) is 9.74. The lowest BCUT2D eigenvalue weighted by molar-refractivity contribution is 0.100. The van der Waals surface area contributed by atoms with E-state index in [2.05, 4.69) is 29.6 Å². The van der Waals surface area contributed by atoms with Crippen molar-refractivity contribution in [2.24, 2.45) is 0 Å². The molecule has 88 valence electrons. The minimum absolute atomic E-state index is 0.740. The topological polar surface area (TPSA) is 21.3 Å². The van der Waals surface area contributed by atoms with E-state index in [1.807, 2.05) is 18.8 Å². The van der Waals surface area contributed by atoms with E-state index in [1.165, 1.54) is 23.3 Å². The van der Waals surface area contributed by atoms with E-state index < -0.39 is 0 Å². The van der Waals surface area contributed by atoms with Gasteiger partial charge in [-0.05, 0) is 37.6 Å². The maximum atomic E-state index is 5.37. The molecular weight excluding hydrogens is 218 g/mol. The predicted molar refractivity (Wildman–Crippen MR) is 68.9 cm³/mol. The molecule has 0 amide bonds. The average Bonchev–Trinajstić information content (AvgIpc) is 2.33. The van der Waals surface area contributed by atoms with Gasteiger partial charge < -0.3 is 10.1 Å². The summed E-state index contributed by atoms with van der Waals surface area (Å²) in [7, 11) is 1.98. The second-order valence-corrected chi connectivity index (χ2v) is 5.48. The van der Waals surface area contributed by atoms with Gasteiger partial charge >= 0.3 is 0 Å². The largest absolute Gasteiger partial charge is 0.381 e. The molecule has 1 fully saturated rings. The molecule has 1 saturated heterocycles. The van der Waals surface area contributed by atoms with Gasteiger partial charge in [0.05, 0.1) is 0 Å². The summed E-state index contributed by atoms with van der Waals surface area (Å²) < 4.78 is 5.37. The summed E-state index contributed by atoms with van der Waals surface area (Å²) in [5, 5.41) is 3.90. The van der Waals surface area contributed by atoms with Crippen molar-refractivity contribution < 1.29 is 4.74 Å². The highest BCUT2D eigenvalue weighted by Crippen LogP contribution is 2.29. The Kier molecular flexibility index (Phi) is 4.69. The molecule has 2 rings (SSSR count). The Balaban J connectivity index is 1.88. The molecule has 0 bridgehead atoms. The highest BCUT2D eigenvalue weighted by atomic mass is 32.2. The second-order valence-electron chi connectivity index (χ2n) is 4.10. The van der Waals surface area contributed by atoms with E-state index in [0.717, 1.165) is 25.0 Å². The molecular formula is C13H19NOS. The Morgan fingerprint density at radius 2 is 1.94 bits per heavy atom. The molecule has 1 aromatic rings. The Hall–Kier alpha value is -0.510. The van der Waals surface area contributed by atoms with Crippen molar-refractivity contribution in [3.63, 3.8) is 0 Å². The molecule has 0 unspecified atom stereocenters. The average molecular weight is 237 g/mol. The van der Waals surface area contributed by atoms with Gasteiger partial charge in [0.1, 0.15) is 0 Å². The number of hydrogen-bond acceptors (Lipinski definition) is 3. The second kappa shape index (κ2) is 6.28. The molecule has 2 nitrogen and oxygen atoms in total. The van der Waals surface area contributed by atoms with Crippen molar-refractivity contribution in [1.29, 1.82) is 0 Å². The number of thioether (sulfide) groups is 1. The van der Waals surface area contributed by atoms with Gasteiger partial charge in [-0.2, -0.15) is 0 Å². The van der Waals surface area contributed by atoms with Crippen molar-refractivity contribution >= 4 is 11.8 Å². The minimum Gasteiger partial charge on any atom is -0.381 e. The summed E-state index contributed by atoms with van der Waals surface area (Å²) in [6.45, 7) is 2.80. The highest BCUT2D eigenvalue weighted by Gasteiger charge is 2.14. The summed E-state index contributed by atoms with van der Waals surface area (Å²) >= 11 is 1.99. The Labute approximate surface area is 102 Å². The highest BCUT2D eigenvalue weighted by molar-refractivity contribution is 8.00. The van der Waals surface area contributed by atoms with Crippen LogP contribution in [0.5, 0.6) is 0 Å². The zero-order chi connectivity index (χ0) is 11.2. The van der Waals surface area contributed by atoms with Gasteiger partial charge in [-0.1, -0.05) is 12.1 Å². The summed E-state index contributed by atoms with van der Waals surface area (Å²) in [5.74, 6) is 0. The van der Waals surface area contributed by atoms with Gasteiger partial charge in [-0.3, -0.25) is 0 Å². The number of ether oxygens (including phenoxy) is 1. The number of nitrogens with one attached hydrogen (secondary N) is 1. The number of hydrogen-bond donors (Lipinski definition) is 1. The maximum absolute atomic E-state index is 5.37. The molecule has 0 saturated carbocycles. The fourth-order valence-electron chi connectivity index (χ4n) is 1.88.